The van der Waals surface area contributed by atoms with Crippen LogP contribution in [0.15, 0.2) is 48.5 Å². The summed E-state index contributed by atoms with van der Waals surface area (Å²) < 4.78 is 4.98. The van der Waals surface area contributed by atoms with Crippen molar-refractivity contribution in [3.05, 3.63) is 59.7 Å². The predicted molar refractivity (Wildman–Crippen MR) is 114 cm³/mol. The van der Waals surface area contributed by atoms with Crippen molar-refractivity contribution in [3.63, 3.8) is 0 Å². The lowest BCUT2D eigenvalue weighted by Gasteiger charge is -2.26. The molecule has 2 rings (SSSR count). The van der Waals surface area contributed by atoms with Gasteiger partial charge in [-0.3, -0.25) is 9.74 Å². The fourth-order valence-corrected chi connectivity index (χ4v) is 2.64. The molecule has 29 heavy (non-hydrogen) atoms. The Bertz CT molecular complexity index is 897. The maximum absolute atomic E-state index is 13.1. The number of benzene rings is 2. The molecule has 0 radical (unpaired) electrons. The Morgan fingerprint density at radius 2 is 1.72 bits per heavy atom. The summed E-state index contributed by atoms with van der Waals surface area (Å²) in [4.78, 5) is 31.7. The van der Waals surface area contributed by atoms with Crippen molar-refractivity contribution in [2.75, 3.05) is 30.7 Å². The summed E-state index contributed by atoms with van der Waals surface area (Å²) in [6.07, 6.45) is 1.77. The minimum Gasteiger partial charge on any atom is -0.462 e. The van der Waals surface area contributed by atoms with Gasteiger partial charge in [-0.2, -0.15) is 5.06 Å². The normalized spacial score (nSPS) is 9.93. The highest BCUT2D eigenvalue weighted by atomic mass is 16.7. The van der Waals surface area contributed by atoms with Gasteiger partial charge in [-0.15, -0.1) is 0 Å². The number of nitrogens with zero attached hydrogens (tertiary/aromatic N) is 2. The first kappa shape index (κ1) is 22.0. The van der Waals surface area contributed by atoms with Crippen LogP contribution in [0, 0.1) is 11.8 Å². The molecule has 0 heterocycles. The Morgan fingerprint density at radius 3 is 2.34 bits per heavy atom. The molecule has 2 amide bonds. The van der Waals surface area contributed by atoms with Crippen LogP contribution in [0.3, 0.4) is 0 Å². The maximum atomic E-state index is 13.1. The molecule has 6 nitrogen and oxygen atoms in total. The molecule has 2 aromatic rings. The van der Waals surface area contributed by atoms with Gasteiger partial charge in [0.05, 0.1) is 30.7 Å². The highest BCUT2D eigenvalue weighted by Crippen LogP contribution is 2.23. The van der Waals surface area contributed by atoms with Crippen LogP contribution in [-0.4, -0.2) is 32.8 Å². The molecule has 0 fully saturated rings. The van der Waals surface area contributed by atoms with Gasteiger partial charge in [-0.25, -0.2) is 9.59 Å². The van der Waals surface area contributed by atoms with Crippen LogP contribution >= 0.6 is 0 Å². The molecule has 0 saturated carbocycles. The van der Waals surface area contributed by atoms with Crippen molar-refractivity contribution in [2.45, 2.75) is 26.7 Å². The second-order valence-corrected chi connectivity index (χ2v) is 6.15. The van der Waals surface area contributed by atoms with E-state index in [9.17, 15) is 9.59 Å². The van der Waals surface area contributed by atoms with Gasteiger partial charge in [0.1, 0.15) is 0 Å². The van der Waals surface area contributed by atoms with Gasteiger partial charge < -0.3 is 4.74 Å². The predicted octanol–water partition coefficient (Wildman–Crippen LogP) is 4.64. The molecule has 0 bridgehead atoms. The van der Waals surface area contributed by atoms with Crippen LogP contribution in [0.4, 0.5) is 16.2 Å². The van der Waals surface area contributed by atoms with E-state index in [2.05, 4.69) is 18.8 Å². The number of carbonyl (C=O) groups is 2. The third-order valence-electron chi connectivity index (χ3n) is 4.12. The fourth-order valence-electron chi connectivity index (χ4n) is 2.64. The first-order chi connectivity index (χ1) is 14.0. The molecule has 2 aromatic carbocycles. The van der Waals surface area contributed by atoms with Gasteiger partial charge in [0.25, 0.3) is 0 Å². The summed E-state index contributed by atoms with van der Waals surface area (Å²) in [6.45, 7) is 4.12. The number of rotatable bonds is 6. The molecular formula is C23H26N2O4. The van der Waals surface area contributed by atoms with E-state index < -0.39 is 5.97 Å². The number of urea groups is 1. The third-order valence-corrected chi connectivity index (χ3v) is 4.12. The number of anilines is 2. The fraction of sp³-hybridized carbons (Fsp3) is 0.304. The molecule has 0 aliphatic carbocycles. The molecule has 0 spiro atoms. The molecule has 0 atom stereocenters. The van der Waals surface area contributed by atoms with E-state index in [1.54, 1.807) is 38.2 Å². The molecule has 0 N–H and O–H groups in total. The van der Waals surface area contributed by atoms with Crippen LogP contribution in [-0.2, 0) is 9.57 Å². The lowest BCUT2D eigenvalue weighted by Crippen LogP contribution is -2.41. The lowest BCUT2D eigenvalue weighted by molar-refractivity contribution is 0.0526. The van der Waals surface area contributed by atoms with Gasteiger partial charge in [-0.05, 0) is 49.7 Å². The first-order valence-electron chi connectivity index (χ1n) is 9.50. The van der Waals surface area contributed by atoms with E-state index in [1.807, 2.05) is 24.3 Å². The standard InChI is InChI=1S/C23H26N2O4/c1-5-7-8-11-18-12-9-10-13-21(18)24(3)23(27)25(28-4)20-16-14-19(15-17-20)22(26)29-6-2/h9-10,12-17H,5-7H2,1-4H3. The largest absolute Gasteiger partial charge is 0.462 e. The molecule has 0 aromatic heterocycles. The Kier molecular flexibility index (Phi) is 8.26. The average Bonchev–Trinajstić information content (AvgIpc) is 2.75. The zero-order chi connectivity index (χ0) is 21.2. The number of unbranched alkanes of at least 4 members (excludes halogenated alkanes) is 1. The van der Waals surface area contributed by atoms with Gasteiger partial charge in [0.15, 0.2) is 0 Å². The minimum atomic E-state index is -0.411. The van der Waals surface area contributed by atoms with Crippen LogP contribution in [0.2, 0.25) is 0 Å². The number of esters is 1. The molecule has 0 aliphatic heterocycles. The van der Waals surface area contributed by atoms with Crippen molar-refractivity contribution in [2.24, 2.45) is 0 Å². The van der Waals surface area contributed by atoms with E-state index in [1.165, 1.54) is 12.0 Å². The molecule has 6 heteroatoms. The topological polar surface area (TPSA) is 59.1 Å². The summed E-state index contributed by atoms with van der Waals surface area (Å²) in [7, 11) is 3.08. The average molecular weight is 394 g/mol. The third kappa shape index (κ3) is 5.59. The van der Waals surface area contributed by atoms with E-state index in [-0.39, 0.29) is 6.03 Å². The zero-order valence-corrected chi connectivity index (χ0v) is 17.3. The van der Waals surface area contributed by atoms with Crippen LogP contribution in [0.5, 0.6) is 0 Å². The number of amides is 2. The molecule has 0 unspecified atom stereocenters. The van der Waals surface area contributed by atoms with Crippen LogP contribution in [0.25, 0.3) is 0 Å². The minimum absolute atomic E-state index is 0.300. The SMILES string of the molecule is CCCC#Cc1ccccc1N(C)C(=O)N(OC)c1ccc(C(=O)OCC)cc1. The summed E-state index contributed by atoms with van der Waals surface area (Å²) >= 11 is 0. The highest BCUT2D eigenvalue weighted by molar-refractivity contribution is 6.02. The van der Waals surface area contributed by atoms with Crippen LogP contribution < -0.4 is 9.96 Å². The Labute approximate surface area is 172 Å². The maximum Gasteiger partial charge on any atom is 0.352 e. The van der Waals surface area contributed by atoms with E-state index in [0.717, 1.165) is 23.5 Å². The van der Waals surface area contributed by atoms with Gasteiger partial charge >= 0.3 is 12.0 Å². The van der Waals surface area contributed by atoms with Crippen LogP contribution in [0.1, 0.15) is 42.6 Å². The van der Waals surface area contributed by atoms with Gasteiger partial charge in [0, 0.05) is 19.0 Å². The second kappa shape index (κ2) is 10.9. The molecular weight excluding hydrogens is 368 g/mol. The first-order valence-corrected chi connectivity index (χ1v) is 9.50. The number of hydrogen-bond acceptors (Lipinski definition) is 4. The Hall–Kier alpha value is -3.30. The summed E-state index contributed by atoms with van der Waals surface area (Å²) in [6, 6.07) is 13.5. The summed E-state index contributed by atoms with van der Waals surface area (Å²) in [5, 5.41) is 1.16. The van der Waals surface area contributed by atoms with Crippen molar-refractivity contribution in [1.29, 1.82) is 0 Å². The Morgan fingerprint density at radius 1 is 1.03 bits per heavy atom. The summed E-state index contributed by atoms with van der Waals surface area (Å²) in [5.41, 5.74) is 2.35. The van der Waals surface area contributed by atoms with Gasteiger partial charge in [-0.1, -0.05) is 30.9 Å². The highest BCUT2D eigenvalue weighted by Gasteiger charge is 2.23. The van der Waals surface area contributed by atoms with Crippen molar-refractivity contribution in [3.8, 4) is 11.8 Å². The van der Waals surface area contributed by atoms with Crippen molar-refractivity contribution < 1.29 is 19.2 Å². The monoisotopic (exact) mass is 394 g/mol. The molecule has 0 saturated heterocycles. The number of para-hydroxylation sites is 1. The summed E-state index contributed by atoms with van der Waals surface area (Å²) in [5.74, 6) is 5.82. The Balaban J connectivity index is 2.26. The molecule has 152 valence electrons. The number of ether oxygens (including phenoxy) is 1. The smallest absolute Gasteiger partial charge is 0.352 e. The number of hydroxylamine groups is 1. The second-order valence-electron chi connectivity index (χ2n) is 6.15. The van der Waals surface area contributed by atoms with E-state index in [4.69, 9.17) is 9.57 Å². The number of carbonyl (C=O) groups excluding carboxylic acids is 2. The van der Waals surface area contributed by atoms with E-state index >= 15 is 0 Å². The van der Waals surface area contributed by atoms with Crippen molar-refractivity contribution >= 4 is 23.4 Å². The van der Waals surface area contributed by atoms with Gasteiger partial charge in [0.2, 0.25) is 0 Å². The van der Waals surface area contributed by atoms with Crippen molar-refractivity contribution in [1.82, 2.24) is 0 Å². The lowest BCUT2D eigenvalue weighted by atomic mass is 10.1. The number of hydrogen-bond donors (Lipinski definition) is 0. The van der Waals surface area contributed by atoms with E-state index in [0.29, 0.717) is 23.5 Å². The zero-order valence-electron chi connectivity index (χ0n) is 17.3. The quantitative estimate of drug-likeness (QED) is 0.407. The molecule has 0 aliphatic rings.